The van der Waals surface area contributed by atoms with Gasteiger partial charge in [-0.25, -0.2) is 4.98 Å². The molecular formula is C18H17ClN4O2. The number of para-hydroxylation sites is 1. The Morgan fingerprint density at radius 1 is 1.08 bits per heavy atom. The van der Waals surface area contributed by atoms with E-state index in [-0.39, 0.29) is 11.8 Å². The summed E-state index contributed by atoms with van der Waals surface area (Å²) < 4.78 is 0. The van der Waals surface area contributed by atoms with Crippen molar-refractivity contribution in [3.8, 4) is 0 Å². The first-order valence-corrected chi connectivity index (χ1v) is 8.24. The van der Waals surface area contributed by atoms with E-state index in [0.717, 1.165) is 6.54 Å². The number of hydrogen-bond donors (Lipinski definition) is 3. The molecule has 0 unspecified atom stereocenters. The smallest absolute Gasteiger partial charge is 0.258 e. The lowest BCUT2D eigenvalue weighted by Gasteiger charge is -2.15. The minimum absolute atomic E-state index is 0.189. The SMILES string of the molecule is O=C(Nc1ccccc1C(=O)Nc1ccc(Cl)cn1)C1=CCNCC1. The first-order chi connectivity index (χ1) is 12.1. The normalized spacial score (nSPS) is 13.7. The molecule has 2 amide bonds. The Kier molecular flexibility index (Phi) is 5.42. The Labute approximate surface area is 150 Å². The summed E-state index contributed by atoms with van der Waals surface area (Å²) in [6, 6.07) is 10.1. The van der Waals surface area contributed by atoms with Crippen LogP contribution in [0.3, 0.4) is 0 Å². The Balaban J connectivity index is 1.75. The number of halogens is 1. The minimum atomic E-state index is -0.356. The van der Waals surface area contributed by atoms with Gasteiger partial charge in [0.2, 0.25) is 0 Å². The second kappa shape index (κ2) is 7.92. The largest absolute Gasteiger partial charge is 0.322 e. The van der Waals surface area contributed by atoms with Crippen LogP contribution in [0.5, 0.6) is 0 Å². The Morgan fingerprint density at radius 3 is 2.64 bits per heavy atom. The van der Waals surface area contributed by atoms with Gasteiger partial charge in [0.05, 0.1) is 16.3 Å². The highest BCUT2D eigenvalue weighted by Gasteiger charge is 2.16. The number of rotatable bonds is 4. The van der Waals surface area contributed by atoms with Crippen molar-refractivity contribution < 1.29 is 9.59 Å². The van der Waals surface area contributed by atoms with Crippen LogP contribution in [0.2, 0.25) is 5.02 Å². The number of hydrogen-bond acceptors (Lipinski definition) is 4. The predicted octanol–water partition coefficient (Wildman–Crippen LogP) is 2.85. The zero-order valence-electron chi connectivity index (χ0n) is 13.4. The van der Waals surface area contributed by atoms with Gasteiger partial charge in [0, 0.05) is 18.3 Å². The van der Waals surface area contributed by atoms with E-state index in [9.17, 15) is 9.59 Å². The summed E-state index contributed by atoms with van der Waals surface area (Å²) in [6.45, 7) is 1.44. The number of amides is 2. The molecule has 128 valence electrons. The van der Waals surface area contributed by atoms with E-state index < -0.39 is 0 Å². The molecule has 2 heterocycles. The second-order valence-corrected chi connectivity index (χ2v) is 5.94. The van der Waals surface area contributed by atoms with Gasteiger partial charge in [-0.1, -0.05) is 29.8 Å². The molecule has 0 atom stereocenters. The molecule has 0 fully saturated rings. The highest BCUT2D eigenvalue weighted by Crippen LogP contribution is 2.19. The molecule has 6 nitrogen and oxygen atoms in total. The monoisotopic (exact) mass is 356 g/mol. The van der Waals surface area contributed by atoms with Gasteiger partial charge in [-0.2, -0.15) is 0 Å². The van der Waals surface area contributed by atoms with Crippen molar-refractivity contribution in [1.82, 2.24) is 10.3 Å². The molecule has 1 aromatic heterocycles. The fraction of sp³-hybridized carbons (Fsp3) is 0.167. The van der Waals surface area contributed by atoms with E-state index in [0.29, 0.717) is 40.6 Å². The average molecular weight is 357 g/mol. The minimum Gasteiger partial charge on any atom is -0.322 e. The van der Waals surface area contributed by atoms with Gasteiger partial charge >= 0.3 is 0 Å². The van der Waals surface area contributed by atoms with Crippen LogP contribution < -0.4 is 16.0 Å². The van der Waals surface area contributed by atoms with Crippen molar-refractivity contribution in [3.05, 3.63) is 64.8 Å². The molecule has 0 saturated carbocycles. The summed E-state index contributed by atoms with van der Waals surface area (Å²) >= 11 is 5.79. The van der Waals surface area contributed by atoms with Crippen LogP contribution >= 0.6 is 11.6 Å². The summed E-state index contributed by atoms with van der Waals surface area (Å²) in [4.78, 5) is 28.9. The highest BCUT2D eigenvalue weighted by atomic mass is 35.5. The average Bonchev–Trinajstić information content (AvgIpc) is 2.64. The number of pyridine rings is 1. The van der Waals surface area contributed by atoms with Crippen LogP contribution in [-0.4, -0.2) is 29.9 Å². The van der Waals surface area contributed by atoms with Gasteiger partial charge < -0.3 is 16.0 Å². The highest BCUT2D eigenvalue weighted by molar-refractivity contribution is 6.30. The number of carbonyl (C=O) groups excluding carboxylic acids is 2. The summed E-state index contributed by atoms with van der Waals surface area (Å²) in [5, 5.41) is 9.16. The van der Waals surface area contributed by atoms with Crippen molar-refractivity contribution in [2.24, 2.45) is 0 Å². The molecular weight excluding hydrogens is 340 g/mol. The molecule has 3 N–H and O–H groups in total. The van der Waals surface area contributed by atoms with E-state index in [4.69, 9.17) is 11.6 Å². The zero-order chi connectivity index (χ0) is 17.6. The van der Waals surface area contributed by atoms with Gasteiger partial charge in [0.15, 0.2) is 0 Å². The molecule has 0 saturated heterocycles. The third kappa shape index (κ3) is 4.43. The number of nitrogens with zero attached hydrogens (tertiary/aromatic N) is 1. The van der Waals surface area contributed by atoms with E-state index in [1.165, 1.54) is 6.20 Å². The van der Waals surface area contributed by atoms with Crippen LogP contribution in [0.15, 0.2) is 54.2 Å². The van der Waals surface area contributed by atoms with Gasteiger partial charge in [-0.15, -0.1) is 0 Å². The lowest BCUT2D eigenvalue weighted by molar-refractivity contribution is -0.113. The van der Waals surface area contributed by atoms with Crippen molar-refractivity contribution in [1.29, 1.82) is 0 Å². The molecule has 1 aliphatic rings. The van der Waals surface area contributed by atoms with Gasteiger partial charge in [0.25, 0.3) is 11.8 Å². The molecule has 1 aliphatic heterocycles. The standard InChI is InChI=1S/C18H17ClN4O2/c19-13-5-6-16(21-11-13)23-18(25)14-3-1-2-4-15(14)22-17(24)12-7-9-20-10-8-12/h1-7,11,20H,8-10H2,(H,22,24)(H,21,23,25). The molecule has 3 rings (SSSR count). The first-order valence-electron chi connectivity index (χ1n) is 7.86. The van der Waals surface area contributed by atoms with Gasteiger partial charge in [-0.05, 0) is 37.2 Å². The summed E-state index contributed by atoms with van der Waals surface area (Å²) in [5.74, 6) is -0.159. The number of aromatic nitrogens is 1. The lowest BCUT2D eigenvalue weighted by Crippen LogP contribution is -2.26. The van der Waals surface area contributed by atoms with E-state index in [1.807, 2.05) is 6.08 Å². The summed E-state index contributed by atoms with van der Waals surface area (Å²) in [5.41, 5.74) is 1.54. The summed E-state index contributed by atoms with van der Waals surface area (Å²) in [7, 11) is 0. The molecule has 7 heteroatoms. The Morgan fingerprint density at radius 2 is 1.92 bits per heavy atom. The van der Waals surface area contributed by atoms with Crippen molar-refractivity contribution >= 4 is 34.9 Å². The third-order valence-corrected chi connectivity index (χ3v) is 3.97. The van der Waals surface area contributed by atoms with Crippen molar-refractivity contribution in [2.75, 3.05) is 23.7 Å². The maximum absolute atomic E-state index is 12.5. The molecule has 0 aliphatic carbocycles. The number of benzene rings is 1. The lowest BCUT2D eigenvalue weighted by atomic mass is 10.1. The molecule has 0 spiro atoms. The second-order valence-electron chi connectivity index (χ2n) is 5.50. The van der Waals surface area contributed by atoms with Crippen LogP contribution in [0.4, 0.5) is 11.5 Å². The molecule has 0 bridgehead atoms. The maximum Gasteiger partial charge on any atom is 0.258 e. The van der Waals surface area contributed by atoms with E-state index in [2.05, 4.69) is 20.9 Å². The molecule has 25 heavy (non-hydrogen) atoms. The van der Waals surface area contributed by atoms with Crippen LogP contribution in [0.25, 0.3) is 0 Å². The van der Waals surface area contributed by atoms with Crippen LogP contribution in [0.1, 0.15) is 16.8 Å². The van der Waals surface area contributed by atoms with Crippen LogP contribution in [-0.2, 0) is 4.79 Å². The van der Waals surface area contributed by atoms with E-state index >= 15 is 0 Å². The number of anilines is 2. The summed E-state index contributed by atoms with van der Waals surface area (Å²) in [6.07, 6.45) is 3.97. The fourth-order valence-corrected chi connectivity index (χ4v) is 2.57. The van der Waals surface area contributed by atoms with Crippen molar-refractivity contribution in [2.45, 2.75) is 6.42 Å². The van der Waals surface area contributed by atoms with Crippen molar-refractivity contribution in [3.63, 3.8) is 0 Å². The third-order valence-electron chi connectivity index (χ3n) is 3.74. The number of nitrogens with one attached hydrogen (secondary N) is 3. The van der Waals surface area contributed by atoms with E-state index in [1.54, 1.807) is 36.4 Å². The molecule has 1 aromatic carbocycles. The molecule has 2 aromatic rings. The Hall–Kier alpha value is -2.70. The first kappa shape index (κ1) is 17.1. The zero-order valence-corrected chi connectivity index (χ0v) is 14.1. The number of carbonyl (C=O) groups is 2. The fourth-order valence-electron chi connectivity index (χ4n) is 2.45. The molecule has 0 radical (unpaired) electrons. The predicted molar refractivity (Wildman–Crippen MR) is 97.8 cm³/mol. The topological polar surface area (TPSA) is 83.1 Å². The van der Waals surface area contributed by atoms with Crippen LogP contribution in [0, 0.1) is 0 Å². The Bertz CT molecular complexity index is 818. The van der Waals surface area contributed by atoms with Gasteiger partial charge in [0.1, 0.15) is 5.82 Å². The quantitative estimate of drug-likeness (QED) is 0.786. The van der Waals surface area contributed by atoms with Gasteiger partial charge in [-0.3, -0.25) is 9.59 Å². The maximum atomic E-state index is 12.5.